The summed E-state index contributed by atoms with van der Waals surface area (Å²) >= 11 is 0. The SMILES string of the molecule is CCc1noc(CC)c1CNC(=NC)NCCC(CC)N1CCCC1=O. The molecular weight excluding hydrogens is 330 g/mol. The van der Waals surface area contributed by atoms with Crippen molar-refractivity contribution in [3.8, 4) is 0 Å². The number of carbonyl (C=O) groups is 1. The van der Waals surface area contributed by atoms with Gasteiger partial charge >= 0.3 is 0 Å². The van der Waals surface area contributed by atoms with Crippen LogP contribution in [0.2, 0.25) is 0 Å². The van der Waals surface area contributed by atoms with Gasteiger partial charge in [0.05, 0.1) is 5.69 Å². The van der Waals surface area contributed by atoms with Crippen LogP contribution in [0.15, 0.2) is 9.52 Å². The van der Waals surface area contributed by atoms with Gasteiger partial charge in [0.25, 0.3) is 0 Å². The molecule has 1 fully saturated rings. The van der Waals surface area contributed by atoms with Crippen LogP contribution in [0.4, 0.5) is 0 Å². The molecule has 1 atom stereocenters. The summed E-state index contributed by atoms with van der Waals surface area (Å²) < 4.78 is 5.41. The zero-order valence-corrected chi connectivity index (χ0v) is 16.6. The molecule has 0 radical (unpaired) electrons. The number of rotatable bonds is 9. The smallest absolute Gasteiger partial charge is 0.222 e. The van der Waals surface area contributed by atoms with Crippen LogP contribution in [0.1, 0.15) is 63.5 Å². The van der Waals surface area contributed by atoms with E-state index < -0.39 is 0 Å². The molecule has 7 heteroatoms. The van der Waals surface area contributed by atoms with Gasteiger partial charge in [0.1, 0.15) is 5.76 Å². The van der Waals surface area contributed by atoms with Crippen molar-refractivity contribution in [1.82, 2.24) is 20.7 Å². The van der Waals surface area contributed by atoms with Gasteiger partial charge in [-0.1, -0.05) is 25.9 Å². The number of nitrogens with zero attached hydrogens (tertiary/aromatic N) is 3. The molecule has 2 rings (SSSR count). The molecule has 2 N–H and O–H groups in total. The lowest BCUT2D eigenvalue weighted by Gasteiger charge is -2.27. The lowest BCUT2D eigenvalue weighted by atomic mass is 10.1. The third kappa shape index (κ3) is 4.99. The number of hydrogen-bond acceptors (Lipinski definition) is 4. The van der Waals surface area contributed by atoms with Crippen LogP contribution in [0.5, 0.6) is 0 Å². The molecule has 0 saturated carbocycles. The highest BCUT2D eigenvalue weighted by Crippen LogP contribution is 2.18. The molecule has 1 aromatic heterocycles. The van der Waals surface area contributed by atoms with Gasteiger partial charge in [0.15, 0.2) is 5.96 Å². The summed E-state index contributed by atoms with van der Waals surface area (Å²) in [5, 5.41) is 10.9. The number of hydrogen-bond donors (Lipinski definition) is 2. The monoisotopic (exact) mass is 363 g/mol. The molecule has 0 aromatic carbocycles. The van der Waals surface area contributed by atoms with Crippen LogP contribution >= 0.6 is 0 Å². The molecular formula is C19H33N5O2. The molecule has 2 heterocycles. The van der Waals surface area contributed by atoms with E-state index in [-0.39, 0.29) is 0 Å². The van der Waals surface area contributed by atoms with Crippen molar-refractivity contribution in [1.29, 1.82) is 0 Å². The molecule has 0 spiro atoms. The summed E-state index contributed by atoms with van der Waals surface area (Å²) in [4.78, 5) is 18.3. The summed E-state index contributed by atoms with van der Waals surface area (Å²) in [7, 11) is 1.77. The van der Waals surface area contributed by atoms with E-state index in [9.17, 15) is 4.79 Å². The fourth-order valence-corrected chi connectivity index (χ4v) is 3.52. The van der Waals surface area contributed by atoms with Gasteiger partial charge in [-0.15, -0.1) is 0 Å². The van der Waals surface area contributed by atoms with E-state index in [0.29, 0.717) is 24.9 Å². The number of carbonyl (C=O) groups excluding carboxylic acids is 1. The van der Waals surface area contributed by atoms with E-state index in [1.54, 1.807) is 7.05 Å². The second-order valence-corrected chi connectivity index (χ2v) is 6.63. The summed E-state index contributed by atoms with van der Waals surface area (Å²) in [5.41, 5.74) is 2.13. The van der Waals surface area contributed by atoms with Crippen molar-refractivity contribution >= 4 is 11.9 Å². The van der Waals surface area contributed by atoms with Crippen molar-refractivity contribution in [3.63, 3.8) is 0 Å². The first-order valence-corrected chi connectivity index (χ1v) is 9.84. The number of nitrogens with one attached hydrogen (secondary N) is 2. The fraction of sp³-hybridized carbons (Fsp3) is 0.737. The van der Waals surface area contributed by atoms with E-state index >= 15 is 0 Å². The van der Waals surface area contributed by atoms with Gasteiger partial charge in [-0.25, -0.2) is 0 Å². The van der Waals surface area contributed by atoms with Crippen LogP contribution in [-0.2, 0) is 24.2 Å². The van der Waals surface area contributed by atoms with Crippen LogP contribution in [-0.4, -0.2) is 48.1 Å². The maximum absolute atomic E-state index is 11.9. The zero-order chi connectivity index (χ0) is 18.9. The first-order chi connectivity index (χ1) is 12.6. The predicted octanol–water partition coefficient (Wildman–Crippen LogP) is 2.26. The van der Waals surface area contributed by atoms with Crippen molar-refractivity contribution in [2.75, 3.05) is 20.1 Å². The van der Waals surface area contributed by atoms with E-state index in [4.69, 9.17) is 4.52 Å². The molecule has 1 aliphatic heterocycles. The van der Waals surface area contributed by atoms with Gasteiger partial charge < -0.3 is 20.1 Å². The molecule has 146 valence electrons. The fourth-order valence-electron chi connectivity index (χ4n) is 3.52. The molecule has 1 amide bonds. The zero-order valence-electron chi connectivity index (χ0n) is 16.6. The topological polar surface area (TPSA) is 82.8 Å². The minimum Gasteiger partial charge on any atom is -0.361 e. The van der Waals surface area contributed by atoms with Crippen LogP contribution < -0.4 is 10.6 Å². The minimum absolute atomic E-state index is 0.297. The second kappa shape index (κ2) is 10.2. The minimum atomic E-state index is 0.297. The summed E-state index contributed by atoms with van der Waals surface area (Å²) in [6.07, 6.45) is 5.29. The molecule has 26 heavy (non-hydrogen) atoms. The molecule has 0 aliphatic carbocycles. The Hall–Kier alpha value is -2.05. The third-order valence-corrected chi connectivity index (χ3v) is 5.06. The molecule has 1 saturated heterocycles. The number of guanidine groups is 1. The summed E-state index contributed by atoms with van der Waals surface area (Å²) in [5.74, 6) is 1.99. The Balaban J connectivity index is 1.82. The molecule has 1 unspecified atom stereocenters. The Morgan fingerprint density at radius 1 is 1.31 bits per heavy atom. The third-order valence-electron chi connectivity index (χ3n) is 5.06. The van der Waals surface area contributed by atoms with Crippen LogP contribution in [0.25, 0.3) is 0 Å². The highest BCUT2D eigenvalue weighted by Gasteiger charge is 2.26. The van der Waals surface area contributed by atoms with Gasteiger partial charge in [-0.05, 0) is 25.7 Å². The number of aliphatic imine (C=N–C) groups is 1. The van der Waals surface area contributed by atoms with E-state index in [0.717, 1.165) is 68.2 Å². The second-order valence-electron chi connectivity index (χ2n) is 6.63. The van der Waals surface area contributed by atoms with Gasteiger partial charge in [-0.3, -0.25) is 9.79 Å². The van der Waals surface area contributed by atoms with Crippen molar-refractivity contribution < 1.29 is 9.32 Å². The number of aromatic nitrogens is 1. The van der Waals surface area contributed by atoms with Gasteiger partial charge in [0, 0.05) is 51.1 Å². The Kier molecular flexibility index (Phi) is 7.94. The average Bonchev–Trinajstić information content (AvgIpc) is 3.26. The van der Waals surface area contributed by atoms with Crippen LogP contribution in [0.3, 0.4) is 0 Å². The van der Waals surface area contributed by atoms with Crippen molar-refractivity contribution in [2.45, 2.75) is 71.9 Å². The normalized spacial score (nSPS) is 16.2. The maximum atomic E-state index is 11.9. The maximum Gasteiger partial charge on any atom is 0.222 e. The van der Waals surface area contributed by atoms with Crippen molar-refractivity contribution in [3.05, 3.63) is 17.0 Å². The lowest BCUT2D eigenvalue weighted by Crippen LogP contribution is -2.41. The molecule has 1 aliphatic rings. The van der Waals surface area contributed by atoms with Gasteiger partial charge in [0.2, 0.25) is 5.91 Å². The Morgan fingerprint density at radius 2 is 2.12 bits per heavy atom. The molecule has 1 aromatic rings. The highest BCUT2D eigenvalue weighted by molar-refractivity contribution is 5.80. The van der Waals surface area contributed by atoms with Crippen molar-refractivity contribution in [2.24, 2.45) is 4.99 Å². The number of likely N-dealkylation sites (tertiary alicyclic amines) is 1. The average molecular weight is 364 g/mol. The Labute approximate surface area is 156 Å². The largest absolute Gasteiger partial charge is 0.361 e. The Morgan fingerprint density at radius 3 is 2.69 bits per heavy atom. The first kappa shape index (κ1) is 20.3. The summed E-state index contributed by atoms with van der Waals surface area (Å²) in [6.45, 7) is 8.63. The molecule has 7 nitrogen and oxygen atoms in total. The van der Waals surface area contributed by atoms with Gasteiger partial charge in [-0.2, -0.15) is 0 Å². The highest BCUT2D eigenvalue weighted by atomic mass is 16.5. The first-order valence-electron chi connectivity index (χ1n) is 9.84. The van der Waals surface area contributed by atoms with E-state index in [1.807, 2.05) is 4.90 Å². The quantitative estimate of drug-likeness (QED) is 0.519. The molecule has 0 bridgehead atoms. The number of aryl methyl sites for hydroxylation is 2. The van der Waals surface area contributed by atoms with E-state index in [2.05, 4.69) is 41.6 Å². The van der Waals surface area contributed by atoms with Crippen LogP contribution in [0, 0.1) is 0 Å². The Bertz CT molecular complexity index is 590. The van der Waals surface area contributed by atoms with E-state index in [1.165, 1.54) is 0 Å². The lowest BCUT2D eigenvalue weighted by molar-refractivity contribution is -0.129. The number of amides is 1. The summed E-state index contributed by atoms with van der Waals surface area (Å²) in [6, 6.07) is 0.312. The standard InChI is InChI=1S/C19H33N5O2/c1-5-14(24-12-8-9-18(24)25)10-11-21-19(20-4)22-13-15-16(6-2)23-26-17(15)7-3/h14H,5-13H2,1-4H3,(H2,20,21,22). The predicted molar refractivity (Wildman–Crippen MR) is 103 cm³/mol.